The Balaban J connectivity index is 0. The highest BCUT2D eigenvalue weighted by Crippen LogP contribution is 1.88. The second-order valence-electron chi connectivity index (χ2n) is 1.67. The predicted octanol–water partition coefficient (Wildman–Crippen LogP) is 0.221. The van der Waals surface area contributed by atoms with Crippen LogP contribution in [0.1, 0.15) is 6.42 Å². The highest BCUT2D eigenvalue weighted by atomic mass is 79.9. The average Bonchev–Trinajstić information content (AvgIpc) is 1.63. The van der Waals surface area contributed by atoms with Gasteiger partial charge in [-0.15, -0.1) is 17.0 Å². The van der Waals surface area contributed by atoms with Crippen molar-refractivity contribution < 1.29 is 8.39 Å². The number of rotatable bonds is 4. The summed E-state index contributed by atoms with van der Waals surface area (Å²) in [6.45, 7) is 0.945. The molecule has 0 saturated carbocycles. The van der Waals surface area contributed by atoms with E-state index in [1.807, 2.05) is 0 Å². The first-order chi connectivity index (χ1) is 4.06. The second kappa shape index (κ2) is 6.48. The van der Waals surface area contributed by atoms with Crippen LogP contribution < -0.4 is 5.73 Å². The highest BCUT2D eigenvalue weighted by molar-refractivity contribution is 8.93. The Morgan fingerprint density at radius 2 is 2.20 bits per heavy atom. The van der Waals surface area contributed by atoms with E-state index in [1.54, 1.807) is 0 Å². The molecule has 0 heterocycles. The van der Waals surface area contributed by atoms with Crippen LogP contribution in [-0.2, 0) is 24.1 Å². The Morgan fingerprint density at radius 3 is 2.50 bits per heavy atom. The molecule has 0 rings (SSSR count). The highest BCUT2D eigenvalue weighted by Gasteiger charge is 1.94. The predicted molar refractivity (Wildman–Crippen MR) is 51.4 cm³/mol. The van der Waals surface area contributed by atoms with E-state index in [0.29, 0.717) is 19.6 Å². The van der Waals surface area contributed by atoms with Crippen LogP contribution in [0.3, 0.4) is 0 Å². The fraction of sp³-hybridized carbons (Fsp3) is 1.00. The Morgan fingerprint density at radius 1 is 1.70 bits per heavy atom. The lowest BCUT2D eigenvalue weighted by molar-refractivity contribution is 0.344. The molecule has 0 fully saturated rings. The van der Waals surface area contributed by atoms with Gasteiger partial charge in [0.25, 0.3) is 0 Å². The summed E-state index contributed by atoms with van der Waals surface area (Å²) in [5.41, 5.74) is 5.15. The molecule has 3 nitrogen and oxygen atoms in total. The van der Waals surface area contributed by atoms with Crippen molar-refractivity contribution in [1.29, 1.82) is 0 Å². The molecule has 0 radical (unpaired) electrons. The van der Waals surface area contributed by atoms with Gasteiger partial charge in [0.05, 0.1) is 6.61 Å². The van der Waals surface area contributed by atoms with E-state index in [-0.39, 0.29) is 17.0 Å². The van der Waals surface area contributed by atoms with Gasteiger partial charge in [0.2, 0.25) is 0 Å². The number of hydrogen-bond acceptors (Lipinski definition) is 4. The summed E-state index contributed by atoms with van der Waals surface area (Å²) in [5, 5.41) is 0. The van der Waals surface area contributed by atoms with Crippen molar-refractivity contribution in [2.75, 3.05) is 19.4 Å². The standard InChI is InChI=1S/C4H11NO2S2.BrH/c1-9(6,8)7-4-2-3-5;/h2-5H2,1H3;1H. The molecule has 1 atom stereocenters. The van der Waals surface area contributed by atoms with Crippen molar-refractivity contribution in [1.82, 2.24) is 0 Å². The normalized spacial score (nSPS) is 15.4. The van der Waals surface area contributed by atoms with Crippen LogP contribution in [0.25, 0.3) is 0 Å². The van der Waals surface area contributed by atoms with E-state index in [1.165, 1.54) is 6.26 Å². The zero-order valence-corrected chi connectivity index (χ0v) is 9.09. The van der Waals surface area contributed by atoms with E-state index >= 15 is 0 Å². The average molecular weight is 250 g/mol. The third-order valence-electron chi connectivity index (χ3n) is 0.646. The molecule has 0 spiro atoms. The lowest BCUT2D eigenvalue weighted by atomic mass is 10.5. The third-order valence-corrected chi connectivity index (χ3v) is 1.53. The van der Waals surface area contributed by atoms with E-state index in [2.05, 4.69) is 11.2 Å². The number of halogens is 1. The molecule has 0 bridgehead atoms. The molecule has 0 aliphatic rings. The molecule has 2 N–H and O–H groups in total. The molecule has 64 valence electrons. The van der Waals surface area contributed by atoms with Gasteiger partial charge < -0.3 is 5.73 Å². The Labute approximate surface area is 77.0 Å². The fourth-order valence-electron chi connectivity index (χ4n) is 0.294. The minimum Gasteiger partial charge on any atom is -0.330 e. The van der Waals surface area contributed by atoms with Crippen molar-refractivity contribution in [2.24, 2.45) is 5.73 Å². The lowest BCUT2D eigenvalue weighted by Crippen LogP contribution is -2.07. The minimum absolute atomic E-state index is 0. The monoisotopic (exact) mass is 249 g/mol. The maximum Gasteiger partial charge on any atom is 0.141 e. The molecule has 0 aromatic carbocycles. The van der Waals surface area contributed by atoms with Gasteiger partial charge >= 0.3 is 0 Å². The van der Waals surface area contributed by atoms with Crippen LogP contribution in [0.5, 0.6) is 0 Å². The number of hydrogen-bond donors (Lipinski definition) is 1. The second-order valence-corrected chi connectivity index (χ2v) is 5.13. The van der Waals surface area contributed by atoms with E-state index in [4.69, 9.17) is 9.92 Å². The van der Waals surface area contributed by atoms with Crippen molar-refractivity contribution >= 4 is 36.9 Å². The van der Waals surface area contributed by atoms with Gasteiger partial charge in [-0.05, 0) is 13.0 Å². The molecule has 6 heteroatoms. The van der Waals surface area contributed by atoms with Gasteiger partial charge in [0.1, 0.15) is 8.77 Å². The first kappa shape index (κ1) is 13.4. The molecule has 1 unspecified atom stereocenters. The van der Waals surface area contributed by atoms with E-state index < -0.39 is 8.77 Å². The summed E-state index contributed by atoms with van der Waals surface area (Å²) < 4.78 is 15.3. The maximum atomic E-state index is 10.6. The summed E-state index contributed by atoms with van der Waals surface area (Å²) in [7, 11) is -2.42. The first-order valence-corrected chi connectivity index (χ1v) is 5.42. The van der Waals surface area contributed by atoms with Crippen molar-refractivity contribution in [2.45, 2.75) is 6.42 Å². The quantitative estimate of drug-likeness (QED) is 0.725. The van der Waals surface area contributed by atoms with Crippen molar-refractivity contribution in [3.05, 3.63) is 0 Å². The summed E-state index contributed by atoms with van der Waals surface area (Å²) in [4.78, 5) is 0. The maximum absolute atomic E-state index is 10.6. The smallest absolute Gasteiger partial charge is 0.141 e. The third kappa shape index (κ3) is 11.6. The summed E-state index contributed by atoms with van der Waals surface area (Å²) >= 11 is 4.46. The van der Waals surface area contributed by atoms with Crippen LogP contribution in [0, 0.1) is 0 Å². The topological polar surface area (TPSA) is 52.3 Å². The lowest BCUT2D eigenvalue weighted by Gasteiger charge is -1.99. The van der Waals surface area contributed by atoms with E-state index in [0.717, 1.165) is 0 Å². The summed E-state index contributed by atoms with van der Waals surface area (Å²) in [6.07, 6.45) is 2.10. The summed E-state index contributed by atoms with van der Waals surface area (Å²) in [5.74, 6) is 0. The fourth-order valence-corrected chi connectivity index (χ4v) is 0.918. The van der Waals surface area contributed by atoms with Gasteiger partial charge in [-0.2, -0.15) is 0 Å². The molecule has 0 saturated heterocycles. The van der Waals surface area contributed by atoms with Crippen molar-refractivity contribution in [3.63, 3.8) is 0 Å². The zero-order valence-electron chi connectivity index (χ0n) is 5.74. The molecule has 0 aromatic rings. The SMILES string of the molecule is Br.CS(=O)(=S)OCCCN. The van der Waals surface area contributed by atoms with E-state index in [9.17, 15) is 4.21 Å². The first-order valence-electron chi connectivity index (χ1n) is 2.61. The molecular weight excluding hydrogens is 238 g/mol. The van der Waals surface area contributed by atoms with Gasteiger partial charge in [-0.1, -0.05) is 0 Å². The largest absolute Gasteiger partial charge is 0.330 e. The van der Waals surface area contributed by atoms with Crippen LogP contribution in [0.15, 0.2) is 0 Å². The molecule has 0 amide bonds. The van der Waals surface area contributed by atoms with Crippen molar-refractivity contribution in [3.8, 4) is 0 Å². The Kier molecular flexibility index (Phi) is 8.66. The van der Waals surface area contributed by atoms with Gasteiger partial charge in [-0.25, -0.2) is 4.21 Å². The van der Waals surface area contributed by atoms with Crippen LogP contribution in [-0.4, -0.2) is 23.6 Å². The Bertz CT molecular complexity index is 157. The zero-order chi connectivity index (χ0) is 7.33. The van der Waals surface area contributed by atoms with Gasteiger partial charge in [0, 0.05) is 17.4 Å². The molecule has 0 aromatic heterocycles. The summed E-state index contributed by atoms with van der Waals surface area (Å²) in [6, 6.07) is 0. The molecule has 0 aliphatic heterocycles. The molecular formula is C4H12BrNO2S2. The molecule has 10 heavy (non-hydrogen) atoms. The minimum atomic E-state index is -2.42. The number of nitrogens with two attached hydrogens (primary N) is 1. The van der Waals surface area contributed by atoms with Crippen LogP contribution in [0.4, 0.5) is 0 Å². The van der Waals surface area contributed by atoms with Crippen LogP contribution in [0.2, 0.25) is 0 Å². The van der Waals surface area contributed by atoms with Gasteiger partial charge in [0.15, 0.2) is 0 Å². The van der Waals surface area contributed by atoms with Crippen LogP contribution >= 0.6 is 17.0 Å². The molecule has 0 aliphatic carbocycles. The Hall–Kier alpha value is 0.770. The van der Waals surface area contributed by atoms with Gasteiger partial charge in [-0.3, -0.25) is 4.18 Å².